The maximum absolute atomic E-state index is 9.95. The first kappa shape index (κ1) is 18.9. The number of aryl methyl sites for hydroxylation is 1. The molecule has 0 aliphatic carbocycles. The molecule has 1 aromatic rings. The summed E-state index contributed by atoms with van der Waals surface area (Å²) in [6.45, 7) is 2.09. The molecule has 0 aliphatic heterocycles. The number of hydrogen-bond acceptors (Lipinski definition) is 6. The van der Waals surface area contributed by atoms with E-state index in [1.165, 1.54) is 4.90 Å². The second kappa shape index (κ2) is 9.76. The largest absolute Gasteiger partial charge is 0.508 e. The lowest BCUT2D eigenvalue weighted by Gasteiger charge is -2.24. The van der Waals surface area contributed by atoms with Crippen LogP contribution in [0.4, 0.5) is 0 Å². The van der Waals surface area contributed by atoms with E-state index >= 15 is 0 Å². The van der Waals surface area contributed by atoms with E-state index in [1.807, 2.05) is 12.1 Å². The highest BCUT2D eigenvalue weighted by Crippen LogP contribution is 2.22. The number of phenols is 1. The minimum Gasteiger partial charge on any atom is -0.508 e. The summed E-state index contributed by atoms with van der Waals surface area (Å²) >= 11 is 0. The van der Waals surface area contributed by atoms with Crippen LogP contribution in [-0.2, 0) is 13.0 Å². The normalized spacial score (nSPS) is 11.8. The molecule has 0 fully saturated rings. The number of hydrogen-bond donors (Lipinski definition) is 5. The quantitative estimate of drug-likeness (QED) is 0.319. The molecule has 6 nitrogen and oxygen atoms in total. The van der Waals surface area contributed by atoms with Crippen LogP contribution in [0.5, 0.6) is 5.75 Å². The number of benzene rings is 1. The van der Waals surface area contributed by atoms with Crippen molar-refractivity contribution in [2.45, 2.75) is 51.7 Å². The van der Waals surface area contributed by atoms with Crippen LogP contribution in [0.3, 0.4) is 0 Å². The van der Waals surface area contributed by atoms with Gasteiger partial charge in [0, 0.05) is 25.2 Å². The van der Waals surface area contributed by atoms with Gasteiger partial charge in [-0.25, -0.2) is 0 Å². The van der Waals surface area contributed by atoms with Crippen LogP contribution in [-0.4, -0.2) is 56.1 Å². The molecular formula is C16H27NO5. The van der Waals surface area contributed by atoms with Crippen molar-refractivity contribution in [2.75, 3.05) is 13.1 Å². The van der Waals surface area contributed by atoms with E-state index in [1.54, 1.807) is 6.07 Å². The van der Waals surface area contributed by atoms with Gasteiger partial charge in [0.25, 0.3) is 0 Å². The maximum Gasteiger partial charge on any atom is 0.164 e. The van der Waals surface area contributed by atoms with Gasteiger partial charge in [0.2, 0.25) is 0 Å². The molecule has 0 atom stereocenters. The molecule has 0 radical (unpaired) electrons. The fourth-order valence-electron chi connectivity index (χ4n) is 2.41. The molecular weight excluding hydrogens is 286 g/mol. The van der Waals surface area contributed by atoms with Crippen LogP contribution in [0.2, 0.25) is 0 Å². The van der Waals surface area contributed by atoms with Gasteiger partial charge in [0.05, 0.1) is 0 Å². The summed E-state index contributed by atoms with van der Waals surface area (Å²) in [4.78, 5) is 1.47. The number of unbranched alkanes of at least 4 members (excludes halogenated alkanes) is 2. The highest BCUT2D eigenvalue weighted by Gasteiger charge is 2.15. The van der Waals surface area contributed by atoms with Crippen molar-refractivity contribution in [2.24, 2.45) is 0 Å². The van der Waals surface area contributed by atoms with Gasteiger partial charge < -0.3 is 25.5 Å². The topological polar surface area (TPSA) is 104 Å². The van der Waals surface area contributed by atoms with E-state index in [2.05, 4.69) is 6.92 Å². The molecule has 126 valence electrons. The summed E-state index contributed by atoms with van der Waals surface area (Å²) in [6, 6.07) is 5.38. The van der Waals surface area contributed by atoms with E-state index in [0.29, 0.717) is 5.56 Å². The first-order valence-electron chi connectivity index (χ1n) is 7.67. The Kier molecular flexibility index (Phi) is 8.37. The lowest BCUT2D eigenvalue weighted by molar-refractivity contribution is -0.0965. The SMILES string of the molecule is CCCCCc1ccc(O)c(CN(CC(O)O)CC(O)O)c1. The molecule has 0 heterocycles. The summed E-state index contributed by atoms with van der Waals surface area (Å²) in [6.07, 6.45) is 1.14. The summed E-state index contributed by atoms with van der Waals surface area (Å²) < 4.78 is 0. The smallest absolute Gasteiger partial charge is 0.164 e. The number of aliphatic hydroxyl groups is 4. The minimum absolute atomic E-state index is 0.115. The molecule has 22 heavy (non-hydrogen) atoms. The van der Waals surface area contributed by atoms with Gasteiger partial charge >= 0.3 is 0 Å². The number of rotatable bonds is 10. The number of phenolic OH excluding ortho intramolecular Hbond substituents is 1. The standard InChI is InChI=1S/C16H27NO5/c1-2-3-4-5-12-6-7-14(18)13(8-12)9-17(10-15(19)20)11-16(21)22/h6-8,15-16,18-22H,2-5,9-11H2,1H3. The average molecular weight is 313 g/mol. The van der Waals surface area contributed by atoms with Crippen LogP contribution >= 0.6 is 0 Å². The van der Waals surface area contributed by atoms with Crippen molar-refractivity contribution in [1.29, 1.82) is 0 Å². The van der Waals surface area contributed by atoms with Crippen molar-refractivity contribution < 1.29 is 25.5 Å². The number of aliphatic hydroxyl groups excluding tert-OH is 2. The van der Waals surface area contributed by atoms with Gasteiger partial charge in [-0.15, -0.1) is 0 Å². The van der Waals surface area contributed by atoms with Crippen molar-refractivity contribution >= 4 is 0 Å². The molecule has 0 aliphatic rings. The summed E-state index contributed by atoms with van der Waals surface area (Å²) in [5, 5.41) is 46.2. The lowest BCUT2D eigenvalue weighted by atomic mass is 10.0. The van der Waals surface area contributed by atoms with Gasteiger partial charge in [-0.2, -0.15) is 0 Å². The monoisotopic (exact) mass is 313 g/mol. The Morgan fingerprint density at radius 1 is 1.00 bits per heavy atom. The Bertz CT molecular complexity index is 427. The molecule has 6 heteroatoms. The first-order chi connectivity index (χ1) is 10.4. The molecule has 1 rings (SSSR count). The molecule has 5 N–H and O–H groups in total. The van der Waals surface area contributed by atoms with Gasteiger partial charge in [-0.05, 0) is 24.5 Å². The van der Waals surface area contributed by atoms with Crippen molar-refractivity contribution in [3.05, 3.63) is 29.3 Å². The fraction of sp³-hybridized carbons (Fsp3) is 0.625. The van der Waals surface area contributed by atoms with Gasteiger partial charge in [0.1, 0.15) is 5.75 Å². The zero-order valence-corrected chi connectivity index (χ0v) is 13.0. The van der Waals surface area contributed by atoms with Crippen LogP contribution in [0.25, 0.3) is 0 Å². The Morgan fingerprint density at radius 3 is 2.18 bits per heavy atom. The lowest BCUT2D eigenvalue weighted by Crippen LogP contribution is -2.37. The highest BCUT2D eigenvalue weighted by atomic mass is 16.5. The molecule has 0 saturated heterocycles. The van der Waals surface area contributed by atoms with Crippen LogP contribution in [0.15, 0.2) is 18.2 Å². The Morgan fingerprint density at radius 2 is 1.64 bits per heavy atom. The Labute approximate surface area is 131 Å². The summed E-state index contributed by atoms with van der Waals surface area (Å²) in [5.74, 6) is 0.115. The summed E-state index contributed by atoms with van der Waals surface area (Å²) in [7, 11) is 0. The Hall–Kier alpha value is -1.18. The average Bonchev–Trinajstić information content (AvgIpc) is 2.41. The maximum atomic E-state index is 9.95. The van der Waals surface area contributed by atoms with Crippen LogP contribution in [0.1, 0.15) is 37.3 Å². The second-order valence-electron chi connectivity index (χ2n) is 5.58. The predicted octanol–water partition coefficient (Wildman–Crippen LogP) is 0.548. The zero-order valence-electron chi connectivity index (χ0n) is 13.0. The predicted molar refractivity (Wildman–Crippen MR) is 83.1 cm³/mol. The van der Waals surface area contributed by atoms with Crippen LogP contribution < -0.4 is 0 Å². The summed E-state index contributed by atoms with van der Waals surface area (Å²) in [5.41, 5.74) is 1.74. The highest BCUT2D eigenvalue weighted by molar-refractivity contribution is 5.36. The van der Waals surface area contributed by atoms with Crippen molar-refractivity contribution in [1.82, 2.24) is 4.90 Å². The molecule has 1 aromatic carbocycles. The molecule has 0 bridgehead atoms. The molecule has 0 aromatic heterocycles. The van der Waals surface area contributed by atoms with Gasteiger partial charge in [-0.1, -0.05) is 31.9 Å². The minimum atomic E-state index is -1.58. The molecule has 0 amide bonds. The third-order valence-electron chi connectivity index (χ3n) is 3.45. The third-order valence-corrected chi connectivity index (χ3v) is 3.45. The van der Waals surface area contributed by atoms with E-state index < -0.39 is 12.6 Å². The van der Waals surface area contributed by atoms with E-state index in [0.717, 1.165) is 31.2 Å². The molecule has 0 unspecified atom stereocenters. The third kappa shape index (κ3) is 7.20. The zero-order chi connectivity index (χ0) is 16.5. The van der Waals surface area contributed by atoms with E-state index in [9.17, 15) is 5.11 Å². The molecule has 0 saturated carbocycles. The van der Waals surface area contributed by atoms with Crippen molar-refractivity contribution in [3.8, 4) is 5.75 Å². The fourth-order valence-corrected chi connectivity index (χ4v) is 2.41. The number of aromatic hydroxyl groups is 1. The Balaban J connectivity index is 2.76. The van der Waals surface area contributed by atoms with Crippen molar-refractivity contribution in [3.63, 3.8) is 0 Å². The van der Waals surface area contributed by atoms with E-state index in [4.69, 9.17) is 20.4 Å². The number of nitrogens with zero attached hydrogens (tertiary/aromatic N) is 1. The van der Waals surface area contributed by atoms with Gasteiger partial charge in [-0.3, -0.25) is 4.90 Å². The first-order valence-corrected chi connectivity index (χ1v) is 7.67. The van der Waals surface area contributed by atoms with E-state index in [-0.39, 0.29) is 25.4 Å². The molecule has 0 spiro atoms. The van der Waals surface area contributed by atoms with Gasteiger partial charge in [0.15, 0.2) is 12.6 Å². The second-order valence-corrected chi connectivity index (χ2v) is 5.58. The van der Waals surface area contributed by atoms with Crippen LogP contribution in [0, 0.1) is 0 Å².